The Morgan fingerprint density at radius 3 is 2.83 bits per heavy atom. The molecule has 0 spiro atoms. The predicted molar refractivity (Wildman–Crippen MR) is 90.1 cm³/mol. The molecule has 1 N–H and O–H groups in total. The molecule has 0 radical (unpaired) electrons. The molecule has 2 aliphatic rings. The Balaban J connectivity index is 1.81. The van der Waals surface area contributed by atoms with E-state index in [2.05, 4.69) is 32.6 Å². The largest absolute Gasteiger partial charge is 0.394 e. The third kappa shape index (κ3) is 2.47. The second-order valence-corrected chi connectivity index (χ2v) is 7.58. The lowest BCUT2D eigenvalue weighted by Crippen LogP contribution is -2.31. The zero-order valence-corrected chi connectivity index (χ0v) is 15.4. The lowest BCUT2D eigenvalue weighted by atomic mass is 10.1. The molecule has 0 bridgehead atoms. The fourth-order valence-electron chi connectivity index (χ4n) is 3.23. The molecule has 0 saturated carbocycles. The van der Waals surface area contributed by atoms with Crippen LogP contribution in [0.3, 0.4) is 0 Å². The Morgan fingerprint density at radius 1 is 1.35 bits per heavy atom. The van der Waals surface area contributed by atoms with E-state index in [0.29, 0.717) is 10.8 Å². The number of nitrogens with zero attached hydrogens (tertiary/aromatic N) is 3. The van der Waals surface area contributed by atoms with Crippen LogP contribution in [-0.2, 0) is 14.2 Å². The summed E-state index contributed by atoms with van der Waals surface area (Å²) >= 11 is 8.38. The minimum absolute atomic E-state index is 0.136. The van der Waals surface area contributed by atoms with Gasteiger partial charge < -0.3 is 23.9 Å². The van der Waals surface area contributed by atoms with Crippen molar-refractivity contribution in [2.45, 2.75) is 44.2 Å². The lowest BCUT2D eigenvalue weighted by Gasteiger charge is -2.24. The highest BCUT2D eigenvalue weighted by molar-refractivity contribution is 14.1. The van der Waals surface area contributed by atoms with E-state index in [0.717, 1.165) is 8.96 Å². The first kappa shape index (κ1) is 16.0. The summed E-state index contributed by atoms with van der Waals surface area (Å²) < 4.78 is 20.7. The first-order valence-electron chi connectivity index (χ1n) is 7.20. The van der Waals surface area contributed by atoms with Crippen LogP contribution in [0.15, 0.2) is 12.5 Å². The molecule has 0 amide bonds. The summed E-state index contributed by atoms with van der Waals surface area (Å²) in [6.45, 7) is 3.57. The van der Waals surface area contributed by atoms with Crippen LogP contribution in [-0.4, -0.2) is 50.3 Å². The van der Waals surface area contributed by atoms with E-state index >= 15 is 0 Å². The molecule has 0 unspecified atom stereocenters. The Labute approximate surface area is 151 Å². The molecule has 2 aliphatic heterocycles. The van der Waals surface area contributed by atoms with Gasteiger partial charge in [0.15, 0.2) is 12.0 Å². The number of aliphatic hydroxyl groups is 1. The monoisotopic (exact) mass is 451 g/mol. The Bertz CT molecular complexity index is 768. The number of rotatable bonds is 2. The van der Waals surface area contributed by atoms with E-state index in [1.54, 1.807) is 0 Å². The zero-order chi connectivity index (χ0) is 16.4. The van der Waals surface area contributed by atoms with E-state index in [1.165, 1.54) is 6.33 Å². The maximum absolute atomic E-state index is 9.59. The fourth-order valence-corrected chi connectivity index (χ4v) is 4.41. The third-order valence-corrected chi connectivity index (χ3v) is 5.20. The Hall–Kier alpha value is -0.520. The number of fused-ring (bicyclic) bond motifs is 2. The van der Waals surface area contributed by atoms with Crippen molar-refractivity contribution in [1.29, 1.82) is 0 Å². The molecule has 4 atom stereocenters. The van der Waals surface area contributed by atoms with Gasteiger partial charge in [0.05, 0.1) is 12.0 Å². The summed E-state index contributed by atoms with van der Waals surface area (Å²) in [5.41, 5.74) is 0.671. The van der Waals surface area contributed by atoms with Gasteiger partial charge in [-0.05, 0) is 36.4 Å². The molecule has 2 aromatic rings. The summed E-state index contributed by atoms with van der Waals surface area (Å²) in [6.07, 6.45) is 1.77. The summed E-state index contributed by atoms with van der Waals surface area (Å²) in [5, 5.41) is 10.8. The van der Waals surface area contributed by atoms with Crippen LogP contribution in [0.5, 0.6) is 0 Å². The Kier molecular flexibility index (Phi) is 3.82. The topological polar surface area (TPSA) is 78.6 Å². The van der Waals surface area contributed by atoms with Crippen molar-refractivity contribution in [3.63, 3.8) is 0 Å². The normalized spacial score (nSPS) is 32.6. The summed E-state index contributed by atoms with van der Waals surface area (Å²) in [4.78, 5) is 8.36. The van der Waals surface area contributed by atoms with Crippen LogP contribution < -0.4 is 0 Å². The van der Waals surface area contributed by atoms with Crippen LogP contribution >= 0.6 is 34.2 Å². The number of hydrogen-bond acceptors (Lipinski definition) is 6. The van der Waals surface area contributed by atoms with E-state index in [-0.39, 0.29) is 18.8 Å². The molecule has 4 heterocycles. The van der Waals surface area contributed by atoms with Gasteiger partial charge in [0.1, 0.15) is 35.4 Å². The van der Waals surface area contributed by atoms with Gasteiger partial charge in [0.25, 0.3) is 0 Å². The van der Waals surface area contributed by atoms with Gasteiger partial charge in [-0.3, -0.25) is 0 Å². The SMILES string of the molecule is CC1(C)O[C@@H]2[C@H](O1)[C@@H](CO)O[C@H]2n1cc(I)c2c(Cl)ncnc21. The second kappa shape index (κ2) is 5.50. The summed E-state index contributed by atoms with van der Waals surface area (Å²) in [5.74, 6) is -0.715. The highest BCUT2D eigenvalue weighted by Gasteiger charge is 2.55. The molecule has 124 valence electrons. The molecule has 0 aromatic carbocycles. The molecule has 7 nitrogen and oxygen atoms in total. The molecule has 2 saturated heterocycles. The minimum Gasteiger partial charge on any atom is -0.394 e. The van der Waals surface area contributed by atoms with E-state index < -0.39 is 18.1 Å². The first-order valence-corrected chi connectivity index (χ1v) is 8.65. The van der Waals surface area contributed by atoms with Crippen LogP contribution in [0.1, 0.15) is 20.1 Å². The maximum Gasteiger partial charge on any atom is 0.164 e. The second-order valence-electron chi connectivity index (χ2n) is 6.06. The lowest BCUT2D eigenvalue weighted by molar-refractivity contribution is -0.199. The Morgan fingerprint density at radius 2 is 2.09 bits per heavy atom. The average Bonchev–Trinajstić information content (AvgIpc) is 3.08. The van der Waals surface area contributed by atoms with Crippen molar-refractivity contribution in [2.24, 2.45) is 0 Å². The third-order valence-electron chi connectivity index (χ3n) is 4.10. The predicted octanol–water partition coefficient (Wildman–Crippen LogP) is 2.10. The molecule has 0 aliphatic carbocycles. The number of hydrogen-bond donors (Lipinski definition) is 1. The van der Waals surface area contributed by atoms with Crippen molar-refractivity contribution >= 4 is 45.2 Å². The van der Waals surface area contributed by atoms with Gasteiger partial charge >= 0.3 is 0 Å². The van der Waals surface area contributed by atoms with Gasteiger partial charge in [-0.15, -0.1) is 0 Å². The van der Waals surface area contributed by atoms with Gasteiger partial charge in [0, 0.05) is 9.77 Å². The number of halogens is 2. The van der Waals surface area contributed by atoms with Crippen LogP contribution in [0.2, 0.25) is 5.15 Å². The van der Waals surface area contributed by atoms with Crippen molar-refractivity contribution < 1.29 is 19.3 Å². The molecular formula is C14H15ClIN3O4. The van der Waals surface area contributed by atoms with Crippen molar-refractivity contribution in [1.82, 2.24) is 14.5 Å². The van der Waals surface area contributed by atoms with Crippen LogP contribution in [0, 0.1) is 3.57 Å². The van der Waals surface area contributed by atoms with Gasteiger partial charge in [0.2, 0.25) is 0 Å². The number of aliphatic hydroxyl groups excluding tert-OH is 1. The van der Waals surface area contributed by atoms with E-state index in [4.69, 9.17) is 25.8 Å². The van der Waals surface area contributed by atoms with E-state index in [1.807, 2.05) is 24.6 Å². The molecule has 4 rings (SSSR count). The van der Waals surface area contributed by atoms with E-state index in [9.17, 15) is 5.11 Å². The van der Waals surface area contributed by atoms with Gasteiger partial charge in [-0.25, -0.2) is 9.97 Å². The highest BCUT2D eigenvalue weighted by atomic mass is 127. The molecule has 9 heteroatoms. The smallest absolute Gasteiger partial charge is 0.164 e. The molecule has 2 fully saturated rings. The van der Waals surface area contributed by atoms with Gasteiger partial charge in [-0.2, -0.15) is 0 Å². The maximum atomic E-state index is 9.59. The molecular weight excluding hydrogens is 437 g/mol. The first-order chi connectivity index (χ1) is 10.9. The van der Waals surface area contributed by atoms with Crippen molar-refractivity contribution in [3.8, 4) is 0 Å². The van der Waals surface area contributed by atoms with Crippen molar-refractivity contribution in [2.75, 3.05) is 6.61 Å². The van der Waals surface area contributed by atoms with Crippen molar-refractivity contribution in [3.05, 3.63) is 21.2 Å². The average molecular weight is 452 g/mol. The highest BCUT2D eigenvalue weighted by Crippen LogP contribution is 2.44. The molecule has 2 aromatic heterocycles. The zero-order valence-electron chi connectivity index (χ0n) is 12.4. The van der Waals surface area contributed by atoms with Gasteiger partial charge in [-0.1, -0.05) is 11.6 Å². The van der Waals surface area contributed by atoms with Crippen LogP contribution in [0.25, 0.3) is 11.0 Å². The molecule has 23 heavy (non-hydrogen) atoms. The summed E-state index contributed by atoms with van der Waals surface area (Å²) in [7, 11) is 0. The fraction of sp³-hybridized carbons (Fsp3) is 0.571. The number of ether oxygens (including phenoxy) is 3. The standard InChI is InChI=1S/C14H15ClIN3O4/c1-14(2)22-9-7(4-20)21-13(10(9)23-14)19-3-6(16)8-11(15)17-5-18-12(8)19/h3,5,7,9-10,13,20H,4H2,1-2H3/t7-,9-,10-,13-/m1/s1. The quantitative estimate of drug-likeness (QED) is 0.557. The minimum atomic E-state index is -0.715. The number of aromatic nitrogens is 3. The van der Waals surface area contributed by atoms with Crippen LogP contribution in [0.4, 0.5) is 0 Å². The summed E-state index contributed by atoms with van der Waals surface area (Å²) in [6, 6.07) is 0.